The Kier molecular flexibility index (Phi) is 6.49. The molecule has 0 spiro atoms. The summed E-state index contributed by atoms with van der Waals surface area (Å²) in [5.41, 5.74) is 1.80. The number of halogens is 4. The molecule has 1 atom stereocenters. The summed E-state index contributed by atoms with van der Waals surface area (Å²) in [5, 5.41) is 4.87. The highest BCUT2D eigenvalue weighted by molar-refractivity contribution is 6.29. The van der Waals surface area contributed by atoms with E-state index in [1.54, 1.807) is 35.2 Å². The zero-order valence-electron chi connectivity index (χ0n) is 19.2. The van der Waals surface area contributed by atoms with Gasteiger partial charge in [0.15, 0.2) is 5.82 Å². The minimum atomic E-state index is -4.43. The average Bonchev–Trinajstić information content (AvgIpc) is 3.30. The number of hydrogen-bond donors (Lipinski definition) is 0. The number of hydrogen-bond acceptors (Lipinski definition) is 5. The second kappa shape index (κ2) is 9.73. The molecule has 0 amide bonds. The zero-order valence-corrected chi connectivity index (χ0v) is 20.0. The number of aryl methyl sites for hydroxylation is 1. The van der Waals surface area contributed by atoms with E-state index in [1.807, 2.05) is 18.2 Å². The molecule has 0 saturated carbocycles. The molecule has 1 aliphatic heterocycles. The molecule has 0 N–H and O–H groups in total. The summed E-state index contributed by atoms with van der Waals surface area (Å²) >= 11 is 6.01. The van der Waals surface area contributed by atoms with E-state index in [9.17, 15) is 13.2 Å². The summed E-state index contributed by atoms with van der Waals surface area (Å²) in [4.78, 5) is 13.1. The lowest BCUT2D eigenvalue weighted by atomic mass is 9.88. The van der Waals surface area contributed by atoms with Crippen LogP contribution < -0.4 is 4.74 Å². The molecule has 36 heavy (non-hydrogen) atoms. The Morgan fingerprint density at radius 3 is 2.69 bits per heavy atom. The van der Waals surface area contributed by atoms with E-state index >= 15 is 0 Å². The van der Waals surface area contributed by atoms with Crippen molar-refractivity contribution >= 4 is 23.8 Å². The van der Waals surface area contributed by atoms with E-state index in [0.717, 1.165) is 23.6 Å². The second-order valence-corrected chi connectivity index (χ2v) is 8.71. The van der Waals surface area contributed by atoms with Crippen molar-refractivity contribution in [2.45, 2.75) is 31.5 Å². The van der Waals surface area contributed by atoms with Gasteiger partial charge in [-0.1, -0.05) is 29.8 Å². The highest BCUT2D eigenvalue weighted by Crippen LogP contribution is 2.40. The lowest BCUT2D eigenvalue weighted by Gasteiger charge is -2.25. The molecule has 6 nitrogen and oxygen atoms in total. The molecule has 1 aliphatic rings. The first kappa shape index (κ1) is 24.0. The zero-order chi connectivity index (χ0) is 25.3. The topological polar surface area (TPSA) is 65.7 Å². The third kappa shape index (κ3) is 4.83. The van der Waals surface area contributed by atoms with Gasteiger partial charge in [-0.2, -0.15) is 18.3 Å². The minimum Gasteiger partial charge on any atom is -0.481 e. The summed E-state index contributed by atoms with van der Waals surface area (Å²) in [6, 6.07) is 12.9. The summed E-state index contributed by atoms with van der Waals surface area (Å²) in [7, 11) is 1.53. The first-order chi connectivity index (χ1) is 17.3. The molecule has 1 aromatic carbocycles. The lowest BCUT2D eigenvalue weighted by molar-refractivity contribution is -0.138. The van der Waals surface area contributed by atoms with E-state index in [1.165, 1.54) is 19.2 Å². The molecule has 4 aromatic rings. The van der Waals surface area contributed by atoms with Gasteiger partial charge < -0.3 is 4.74 Å². The van der Waals surface area contributed by atoms with Crippen LogP contribution in [0.15, 0.2) is 54.7 Å². The van der Waals surface area contributed by atoms with Gasteiger partial charge in [0.2, 0.25) is 5.88 Å². The minimum absolute atomic E-state index is 0.229. The molecule has 0 radical (unpaired) electrons. The fourth-order valence-corrected chi connectivity index (χ4v) is 4.62. The number of ether oxygens (including phenoxy) is 1. The largest absolute Gasteiger partial charge is 0.481 e. The standard InChI is InChI=1S/C26H21ClF3N5O/c1-36-25-18(16-12-13-31-22(27)15-16)10-8-17(32-25)9-11-23-33-24-20(6-4-14-35(24)34-23)19-5-2-3-7-21(19)26(28,29)30/h2-3,5,7-13,15,20H,4,6,14H2,1H3/b11-9+. The number of aromatic nitrogens is 5. The second-order valence-electron chi connectivity index (χ2n) is 8.32. The fraction of sp³-hybridized carbons (Fsp3) is 0.231. The van der Waals surface area contributed by atoms with E-state index in [4.69, 9.17) is 16.3 Å². The molecule has 3 aromatic heterocycles. The number of nitrogens with zero attached hydrogens (tertiary/aromatic N) is 5. The predicted octanol–water partition coefficient (Wildman–Crippen LogP) is 6.51. The van der Waals surface area contributed by atoms with Crippen molar-refractivity contribution < 1.29 is 17.9 Å². The van der Waals surface area contributed by atoms with Crippen LogP contribution in [0.2, 0.25) is 5.15 Å². The monoisotopic (exact) mass is 511 g/mol. The number of alkyl halides is 3. The van der Waals surface area contributed by atoms with Crippen LogP contribution in [0.3, 0.4) is 0 Å². The van der Waals surface area contributed by atoms with Crippen LogP contribution in [-0.2, 0) is 12.7 Å². The smallest absolute Gasteiger partial charge is 0.416 e. The molecule has 184 valence electrons. The van der Waals surface area contributed by atoms with Crippen molar-refractivity contribution in [3.63, 3.8) is 0 Å². The van der Waals surface area contributed by atoms with Gasteiger partial charge in [-0.3, -0.25) is 0 Å². The number of fused-ring (bicyclic) bond motifs is 1. The highest BCUT2D eigenvalue weighted by Gasteiger charge is 2.37. The Bertz CT molecular complexity index is 1430. The van der Waals surface area contributed by atoms with Crippen LogP contribution in [0.4, 0.5) is 13.2 Å². The van der Waals surface area contributed by atoms with Gasteiger partial charge in [0.05, 0.1) is 18.4 Å². The maximum atomic E-state index is 13.6. The summed E-state index contributed by atoms with van der Waals surface area (Å²) in [6.45, 7) is 0.607. The fourth-order valence-electron chi connectivity index (χ4n) is 4.45. The van der Waals surface area contributed by atoms with Crippen LogP contribution >= 0.6 is 11.6 Å². The van der Waals surface area contributed by atoms with Crippen molar-refractivity contribution in [3.8, 4) is 17.0 Å². The van der Waals surface area contributed by atoms with Gasteiger partial charge in [0, 0.05) is 24.2 Å². The number of methoxy groups -OCH3 is 1. The van der Waals surface area contributed by atoms with Crippen LogP contribution in [0.5, 0.6) is 5.88 Å². The highest BCUT2D eigenvalue weighted by atomic mass is 35.5. The first-order valence-corrected chi connectivity index (χ1v) is 11.7. The van der Waals surface area contributed by atoms with Gasteiger partial charge in [-0.05, 0) is 66.5 Å². The molecule has 10 heteroatoms. The maximum absolute atomic E-state index is 13.6. The number of benzene rings is 1. The van der Waals surface area contributed by atoms with Crippen molar-refractivity contribution in [2.24, 2.45) is 0 Å². The van der Waals surface area contributed by atoms with Crippen LogP contribution in [-0.4, -0.2) is 31.8 Å². The normalized spacial score (nSPS) is 15.8. The van der Waals surface area contributed by atoms with Crippen molar-refractivity contribution in [2.75, 3.05) is 7.11 Å². The van der Waals surface area contributed by atoms with Gasteiger partial charge in [-0.25, -0.2) is 19.6 Å². The molecule has 5 rings (SSSR count). The quantitative estimate of drug-likeness (QED) is 0.286. The average molecular weight is 512 g/mol. The Morgan fingerprint density at radius 2 is 1.92 bits per heavy atom. The molecule has 0 bridgehead atoms. The Morgan fingerprint density at radius 1 is 1.08 bits per heavy atom. The first-order valence-electron chi connectivity index (χ1n) is 11.3. The number of pyridine rings is 2. The van der Waals surface area contributed by atoms with Gasteiger partial charge in [0.25, 0.3) is 0 Å². The van der Waals surface area contributed by atoms with Crippen LogP contribution in [0, 0.1) is 0 Å². The molecule has 0 fully saturated rings. The summed E-state index contributed by atoms with van der Waals surface area (Å²) in [5.74, 6) is 0.886. The van der Waals surface area contributed by atoms with Gasteiger partial charge >= 0.3 is 6.18 Å². The number of rotatable bonds is 5. The van der Waals surface area contributed by atoms with Gasteiger partial charge in [0.1, 0.15) is 11.0 Å². The van der Waals surface area contributed by atoms with E-state index in [-0.39, 0.29) is 5.56 Å². The Hall–Kier alpha value is -3.72. The van der Waals surface area contributed by atoms with Crippen LogP contribution in [0.1, 0.15) is 47.2 Å². The predicted molar refractivity (Wildman–Crippen MR) is 131 cm³/mol. The van der Waals surface area contributed by atoms with Crippen LogP contribution in [0.25, 0.3) is 23.3 Å². The van der Waals surface area contributed by atoms with Crippen molar-refractivity contribution in [1.29, 1.82) is 0 Å². The molecular formula is C26H21ClF3N5O. The van der Waals surface area contributed by atoms with E-state index in [0.29, 0.717) is 41.3 Å². The molecule has 4 heterocycles. The third-order valence-electron chi connectivity index (χ3n) is 6.05. The third-order valence-corrected chi connectivity index (χ3v) is 6.26. The SMILES string of the molecule is COc1nc(/C=C/c2nc3n(n2)CCCC3c2ccccc2C(F)(F)F)ccc1-c1ccnc(Cl)c1. The Balaban J connectivity index is 1.43. The van der Waals surface area contributed by atoms with Crippen molar-refractivity contribution in [3.05, 3.63) is 88.4 Å². The van der Waals surface area contributed by atoms with Crippen molar-refractivity contribution in [1.82, 2.24) is 24.7 Å². The Labute approximate surface area is 210 Å². The molecule has 1 unspecified atom stereocenters. The maximum Gasteiger partial charge on any atom is 0.416 e. The molecular weight excluding hydrogens is 491 g/mol. The molecule has 0 aliphatic carbocycles. The molecule has 0 saturated heterocycles. The summed E-state index contributed by atoms with van der Waals surface area (Å²) < 4.78 is 48.1. The summed E-state index contributed by atoms with van der Waals surface area (Å²) in [6.07, 6.45) is 1.91. The lowest BCUT2D eigenvalue weighted by Crippen LogP contribution is -2.21. The van der Waals surface area contributed by atoms with Gasteiger partial charge in [-0.15, -0.1) is 0 Å². The van der Waals surface area contributed by atoms with E-state index in [2.05, 4.69) is 20.1 Å². The van der Waals surface area contributed by atoms with E-state index < -0.39 is 17.7 Å².